The van der Waals surface area contributed by atoms with Gasteiger partial charge in [-0.05, 0) is 11.1 Å². The minimum absolute atomic E-state index is 0.391. The standard InChI is InChI=1S/C25H24N2O2/c1-19(28)29-25(22-17-11-6-12-18-22)23(2,3)24(26-27-25,20-13-7-4-8-14-20)21-15-9-5-10-16-21/h4-18H,1-3H3. The summed E-state index contributed by atoms with van der Waals surface area (Å²) in [4.78, 5) is 12.2. The third-order valence-electron chi connectivity index (χ3n) is 5.93. The number of hydrogen-bond donors (Lipinski definition) is 0. The van der Waals surface area contributed by atoms with Gasteiger partial charge in [0.25, 0.3) is 5.72 Å². The molecule has 0 N–H and O–H groups in total. The fraction of sp³-hybridized carbons (Fsp3) is 0.240. The largest absolute Gasteiger partial charge is 0.430 e. The van der Waals surface area contributed by atoms with Crippen LogP contribution in [0.1, 0.15) is 37.5 Å². The maximum Gasteiger partial charge on any atom is 0.305 e. The zero-order chi connectivity index (χ0) is 20.5. The number of nitrogens with zero attached hydrogens (tertiary/aromatic N) is 2. The van der Waals surface area contributed by atoms with Gasteiger partial charge in [-0.2, -0.15) is 5.11 Å². The van der Waals surface area contributed by atoms with E-state index >= 15 is 0 Å². The lowest BCUT2D eigenvalue weighted by atomic mass is 9.60. The topological polar surface area (TPSA) is 51.0 Å². The Labute approximate surface area is 171 Å². The van der Waals surface area contributed by atoms with E-state index < -0.39 is 22.6 Å². The van der Waals surface area contributed by atoms with Crippen LogP contribution in [0.2, 0.25) is 0 Å². The number of carbonyl (C=O) groups is 1. The van der Waals surface area contributed by atoms with Crippen molar-refractivity contribution in [1.29, 1.82) is 0 Å². The first-order valence-corrected chi connectivity index (χ1v) is 9.74. The minimum Gasteiger partial charge on any atom is -0.430 e. The molecule has 1 atom stereocenters. The molecular formula is C25H24N2O2. The Morgan fingerprint density at radius 2 is 1.10 bits per heavy atom. The van der Waals surface area contributed by atoms with Crippen LogP contribution in [0.25, 0.3) is 0 Å². The SMILES string of the molecule is CC(=O)OC1(c2ccccc2)N=NC(c2ccccc2)(c2ccccc2)C1(C)C. The maximum atomic E-state index is 12.2. The lowest BCUT2D eigenvalue weighted by molar-refractivity contribution is -0.174. The van der Waals surface area contributed by atoms with E-state index in [4.69, 9.17) is 15.0 Å². The molecule has 0 aliphatic carbocycles. The van der Waals surface area contributed by atoms with Crippen LogP contribution in [-0.4, -0.2) is 5.97 Å². The van der Waals surface area contributed by atoms with E-state index in [2.05, 4.69) is 38.1 Å². The van der Waals surface area contributed by atoms with Crippen LogP contribution >= 0.6 is 0 Å². The van der Waals surface area contributed by atoms with Crippen molar-refractivity contribution < 1.29 is 9.53 Å². The van der Waals surface area contributed by atoms with E-state index in [1.54, 1.807) is 0 Å². The first-order valence-electron chi connectivity index (χ1n) is 9.74. The summed E-state index contributed by atoms with van der Waals surface area (Å²) < 4.78 is 6.00. The van der Waals surface area contributed by atoms with Gasteiger partial charge in [0.05, 0.1) is 5.41 Å². The summed E-state index contributed by atoms with van der Waals surface area (Å²) in [5, 5.41) is 9.61. The molecule has 0 saturated carbocycles. The summed E-state index contributed by atoms with van der Waals surface area (Å²) in [6, 6.07) is 29.9. The van der Waals surface area contributed by atoms with Crippen LogP contribution in [0.3, 0.4) is 0 Å². The molecule has 4 rings (SSSR count). The van der Waals surface area contributed by atoms with Crippen LogP contribution in [0.5, 0.6) is 0 Å². The average molecular weight is 384 g/mol. The zero-order valence-corrected chi connectivity index (χ0v) is 16.9. The van der Waals surface area contributed by atoms with Gasteiger partial charge in [0.2, 0.25) is 0 Å². The Morgan fingerprint density at radius 3 is 1.52 bits per heavy atom. The van der Waals surface area contributed by atoms with Gasteiger partial charge in [0.1, 0.15) is 5.54 Å². The van der Waals surface area contributed by atoms with Gasteiger partial charge in [-0.15, -0.1) is 5.11 Å². The molecular weight excluding hydrogens is 360 g/mol. The number of carbonyl (C=O) groups excluding carboxylic acids is 1. The Kier molecular flexibility index (Phi) is 4.58. The molecule has 4 nitrogen and oxygen atoms in total. The van der Waals surface area contributed by atoms with Crippen molar-refractivity contribution in [3.8, 4) is 0 Å². The second-order valence-corrected chi connectivity index (χ2v) is 7.87. The minimum atomic E-state index is -1.24. The van der Waals surface area contributed by atoms with Crippen molar-refractivity contribution in [2.75, 3.05) is 0 Å². The second kappa shape index (κ2) is 6.96. The molecule has 1 aliphatic rings. The molecule has 1 heterocycles. The van der Waals surface area contributed by atoms with Crippen molar-refractivity contribution in [1.82, 2.24) is 0 Å². The lowest BCUT2D eigenvalue weighted by Gasteiger charge is -2.46. The van der Waals surface area contributed by atoms with Crippen molar-refractivity contribution in [3.63, 3.8) is 0 Å². The number of hydrogen-bond acceptors (Lipinski definition) is 4. The van der Waals surface area contributed by atoms with Gasteiger partial charge < -0.3 is 4.74 Å². The van der Waals surface area contributed by atoms with Crippen LogP contribution in [0.4, 0.5) is 0 Å². The number of esters is 1. The Morgan fingerprint density at radius 1 is 0.690 bits per heavy atom. The van der Waals surface area contributed by atoms with Crippen LogP contribution in [0, 0.1) is 5.41 Å². The predicted molar refractivity (Wildman–Crippen MR) is 112 cm³/mol. The highest BCUT2D eigenvalue weighted by molar-refractivity contribution is 5.67. The highest BCUT2D eigenvalue weighted by Gasteiger charge is 2.67. The molecule has 0 bridgehead atoms. The zero-order valence-electron chi connectivity index (χ0n) is 16.9. The summed E-state index contributed by atoms with van der Waals surface area (Å²) in [7, 11) is 0. The molecule has 3 aromatic rings. The monoisotopic (exact) mass is 384 g/mol. The number of ether oxygens (including phenoxy) is 1. The Bertz CT molecular complexity index is 991. The maximum absolute atomic E-state index is 12.2. The van der Waals surface area contributed by atoms with E-state index in [9.17, 15) is 4.79 Å². The third-order valence-corrected chi connectivity index (χ3v) is 5.93. The predicted octanol–water partition coefficient (Wildman–Crippen LogP) is 5.84. The summed E-state index contributed by atoms with van der Waals surface area (Å²) in [6.07, 6.45) is 0. The van der Waals surface area contributed by atoms with Crippen molar-refractivity contribution in [3.05, 3.63) is 108 Å². The van der Waals surface area contributed by atoms with Crippen LogP contribution < -0.4 is 0 Å². The highest BCUT2D eigenvalue weighted by Crippen LogP contribution is 2.63. The van der Waals surface area contributed by atoms with E-state index in [0.29, 0.717) is 0 Å². The first-order chi connectivity index (χ1) is 13.9. The van der Waals surface area contributed by atoms with E-state index in [-0.39, 0.29) is 0 Å². The average Bonchev–Trinajstić information content (AvgIpc) is 2.98. The van der Waals surface area contributed by atoms with E-state index in [0.717, 1.165) is 16.7 Å². The second-order valence-electron chi connectivity index (χ2n) is 7.87. The Hall–Kier alpha value is -3.27. The van der Waals surface area contributed by atoms with Crippen LogP contribution in [-0.2, 0) is 20.8 Å². The van der Waals surface area contributed by atoms with Gasteiger partial charge in [-0.3, -0.25) is 4.79 Å². The van der Waals surface area contributed by atoms with Crippen LogP contribution in [0.15, 0.2) is 101 Å². The number of benzene rings is 3. The summed E-state index contributed by atoms with van der Waals surface area (Å²) in [6.45, 7) is 5.56. The highest BCUT2D eigenvalue weighted by atomic mass is 16.6. The van der Waals surface area contributed by atoms with E-state index in [1.165, 1.54) is 6.92 Å². The smallest absolute Gasteiger partial charge is 0.305 e. The van der Waals surface area contributed by atoms with Crippen molar-refractivity contribution in [2.24, 2.45) is 15.6 Å². The van der Waals surface area contributed by atoms with Gasteiger partial charge in [-0.1, -0.05) is 105 Å². The fourth-order valence-corrected chi connectivity index (χ4v) is 4.50. The summed E-state index contributed by atoms with van der Waals surface area (Å²) in [5.74, 6) is -0.391. The first kappa shape index (κ1) is 19.1. The molecule has 0 spiro atoms. The van der Waals surface area contributed by atoms with Gasteiger partial charge in [-0.25, -0.2) is 0 Å². The molecule has 0 fully saturated rings. The van der Waals surface area contributed by atoms with E-state index in [1.807, 2.05) is 66.7 Å². The molecule has 1 unspecified atom stereocenters. The Balaban J connectivity index is 2.03. The van der Waals surface area contributed by atoms with Gasteiger partial charge in [0.15, 0.2) is 0 Å². The summed E-state index contributed by atoms with van der Waals surface area (Å²) >= 11 is 0. The molecule has 0 saturated heterocycles. The molecule has 3 aromatic carbocycles. The van der Waals surface area contributed by atoms with Gasteiger partial charge >= 0.3 is 5.97 Å². The summed E-state index contributed by atoms with van der Waals surface area (Å²) in [5.41, 5.74) is 0.0370. The molecule has 1 aliphatic heterocycles. The molecule has 0 aromatic heterocycles. The molecule has 29 heavy (non-hydrogen) atoms. The van der Waals surface area contributed by atoms with Crippen molar-refractivity contribution in [2.45, 2.75) is 32.0 Å². The number of azo groups is 1. The molecule has 146 valence electrons. The normalized spacial score (nSPS) is 21.6. The third kappa shape index (κ3) is 2.70. The van der Waals surface area contributed by atoms with Gasteiger partial charge in [0, 0.05) is 12.5 Å². The van der Waals surface area contributed by atoms with Crippen molar-refractivity contribution >= 4 is 5.97 Å². The molecule has 4 heteroatoms. The quantitative estimate of drug-likeness (QED) is 0.531. The number of rotatable bonds is 4. The molecule has 0 radical (unpaired) electrons. The fourth-order valence-electron chi connectivity index (χ4n) is 4.50. The lowest BCUT2D eigenvalue weighted by Crippen LogP contribution is -2.51. The molecule has 0 amide bonds.